The Morgan fingerprint density at radius 2 is 2.00 bits per heavy atom. The SMILES string of the molecule is C[C@@H](C(=O)N1CCNC1=O)[NH+]1CCC(C(=O)Nc2ccc3c(c2)OCO3)CC1. The molecule has 3 aliphatic heterocycles. The Morgan fingerprint density at radius 3 is 2.71 bits per heavy atom. The molecule has 4 rings (SSSR count). The number of nitrogens with zero attached hydrogens (tertiary/aromatic N) is 1. The molecule has 1 atom stereocenters. The van der Waals surface area contributed by atoms with Crippen molar-refractivity contribution in [3.8, 4) is 11.5 Å². The van der Waals surface area contributed by atoms with E-state index >= 15 is 0 Å². The quantitative estimate of drug-likeness (QED) is 0.650. The van der Waals surface area contributed by atoms with Crippen molar-refractivity contribution in [2.45, 2.75) is 25.8 Å². The molecule has 0 bridgehead atoms. The Kier molecular flexibility index (Phi) is 5.08. The molecule has 0 spiro atoms. The van der Waals surface area contributed by atoms with Gasteiger partial charge in [0.05, 0.1) is 13.1 Å². The lowest BCUT2D eigenvalue weighted by molar-refractivity contribution is -0.919. The van der Waals surface area contributed by atoms with Gasteiger partial charge in [0, 0.05) is 43.6 Å². The minimum absolute atomic E-state index is 0.0178. The van der Waals surface area contributed by atoms with Gasteiger partial charge in [-0.05, 0) is 19.1 Å². The van der Waals surface area contributed by atoms with Crippen LogP contribution in [0.4, 0.5) is 10.5 Å². The van der Waals surface area contributed by atoms with Crippen LogP contribution in [0.3, 0.4) is 0 Å². The number of carbonyl (C=O) groups is 3. The number of amides is 4. The molecule has 28 heavy (non-hydrogen) atoms. The van der Waals surface area contributed by atoms with Gasteiger partial charge >= 0.3 is 6.03 Å². The van der Waals surface area contributed by atoms with Crippen LogP contribution in [0.15, 0.2) is 18.2 Å². The first-order valence-electron chi connectivity index (χ1n) is 9.67. The van der Waals surface area contributed by atoms with E-state index in [0.717, 1.165) is 18.0 Å². The zero-order chi connectivity index (χ0) is 19.7. The highest BCUT2D eigenvalue weighted by Crippen LogP contribution is 2.34. The standard InChI is InChI=1S/C19H24N4O5/c1-12(18(25)23-9-6-20-19(23)26)22-7-4-13(5-8-22)17(24)21-14-2-3-15-16(10-14)28-11-27-15/h2-3,10,12-13H,4-9,11H2,1H3,(H,20,26)(H,21,24)/p+1/t12-/m0/s1. The number of anilines is 1. The average molecular weight is 389 g/mol. The number of urea groups is 1. The van der Waals surface area contributed by atoms with Gasteiger partial charge in [0.15, 0.2) is 17.5 Å². The molecular formula is C19H25N4O5+. The van der Waals surface area contributed by atoms with Gasteiger partial charge in [0.25, 0.3) is 5.91 Å². The molecule has 3 N–H and O–H groups in total. The number of ether oxygens (including phenoxy) is 2. The van der Waals surface area contributed by atoms with Gasteiger partial charge in [-0.2, -0.15) is 0 Å². The minimum atomic E-state index is -0.311. The molecule has 0 unspecified atom stereocenters. The molecular weight excluding hydrogens is 364 g/mol. The molecule has 2 fully saturated rings. The number of piperidine rings is 1. The largest absolute Gasteiger partial charge is 0.454 e. The van der Waals surface area contributed by atoms with Crippen LogP contribution in [0, 0.1) is 5.92 Å². The number of hydrogen-bond acceptors (Lipinski definition) is 5. The molecule has 1 aromatic rings. The second-order valence-electron chi connectivity index (χ2n) is 7.43. The molecule has 4 amide bonds. The van der Waals surface area contributed by atoms with Gasteiger partial charge in [-0.3, -0.25) is 14.5 Å². The van der Waals surface area contributed by atoms with Crippen molar-refractivity contribution in [2.75, 3.05) is 38.3 Å². The summed E-state index contributed by atoms with van der Waals surface area (Å²) in [4.78, 5) is 39.3. The van der Waals surface area contributed by atoms with E-state index in [9.17, 15) is 14.4 Å². The van der Waals surface area contributed by atoms with Crippen LogP contribution in [0.5, 0.6) is 11.5 Å². The van der Waals surface area contributed by atoms with Crippen molar-refractivity contribution >= 4 is 23.5 Å². The normalized spacial score (nSPS) is 24.6. The van der Waals surface area contributed by atoms with Crippen LogP contribution in [0.1, 0.15) is 19.8 Å². The van der Waals surface area contributed by atoms with Gasteiger partial charge in [-0.25, -0.2) is 4.79 Å². The summed E-state index contributed by atoms with van der Waals surface area (Å²) in [5.41, 5.74) is 0.688. The number of imide groups is 1. The Bertz CT molecular complexity index is 791. The molecule has 0 aromatic heterocycles. The Hall–Kier alpha value is -2.81. The summed E-state index contributed by atoms with van der Waals surface area (Å²) < 4.78 is 10.6. The lowest BCUT2D eigenvalue weighted by Crippen LogP contribution is -3.17. The third kappa shape index (κ3) is 3.62. The van der Waals surface area contributed by atoms with Crippen LogP contribution in [0.2, 0.25) is 0 Å². The highest BCUT2D eigenvalue weighted by atomic mass is 16.7. The molecule has 1 aromatic carbocycles. The van der Waals surface area contributed by atoms with Gasteiger partial charge in [-0.1, -0.05) is 0 Å². The maximum atomic E-state index is 12.6. The second-order valence-corrected chi connectivity index (χ2v) is 7.43. The van der Waals surface area contributed by atoms with Crippen LogP contribution >= 0.6 is 0 Å². The summed E-state index contributed by atoms with van der Waals surface area (Å²) in [6.45, 7) is 4.44. The second kappa shape index (κ2) is 7.67. The predicted octanol–water partition coefficient (Wildman–Crippen LogP) is -0.411. The summed E-state index contributed by atoms with van der Waals surface area (Å²) in [6.07, 6.45) is 1.41. The number of carbonyl (C=O) groups excluding carboxylic acids is 3. The number of rotatable bonds is 4. The minimum Gasteiger partial charge on any atom is -0.454 e. The first-order valence-corrected chi connectivity index (χ1v) is 9.67. The van der Waals surface area contributed by atoms with Crippen LogP contribution in [-0.2, 0) is 9.59 Å². The third-order valence-electron chi connectivity index (χ3n) is 5.74. The molecule has 3 aliphatic rings. The fourth-order valence-electron chi connectivity index (χ4n) is 3.99. The molecule has 9 nitrogen and oxygen atoms in total. The summed E-state index contributed by atoms with van der Waals surface area (Å²) >= 11 is 0. The van der Waals surface area contributed by atoms with E-state index in [1.54, 1.807) is 18.2 Å². The highest BCUT2D eigenvalue weighted by molar-refractivity contribution is 5.97. The summed E-state index contributed by atoms with van der Waals surface area (Å²) in [5.74, 6) is 1.06. The zero-order valence-corrected chi connectivity index (χ0v) is 15.8. The van der Waals surface area contributed by atoms with Crippen LogP contribution < -0.4 is 25.0 Å². The van der Waals surface area contributed by atoms with E-state index < -0.39 is 0 Å². The zero-order valence-electron chi connectivity index (χ0n) is 15.8. The fraction of sp³-hybridized carbons (Fsp3) is 0.526. The lowest BCUT2D eigenvalue weighted by Gasteiger charge is -2.33. The smallest absolute Gasteiger partial charge is 0.324 e. The molecule has 3 heterocycles. The third-order valence-corrected chi connectivity index (χ3v) is 5.74. The van der Waals surface area contributed by atoms with E-state index in [1.165, 1.54) is 4.90 Å². The van der Waals surface area contributed by atoms with Crippen molar-refractivity contribution in [2.24, 2.45) is 5.92 Å². The number of nitrogens with one attached hydrogen (secondary N) is 3. The van der Waals surface area contributed by atoms with Crippen molar-refractivity contribution in [3.05, 3.63) is 18.2 Å². The lowest BCUT2D eigenvalue weighted by atomic mass is 9.94. The van der Waals surface area contributed by atoms with E-state index in [2.05, 4.69) is 10.6 Å². The summed E-state index contributed by atoms with van der Waals surface area (Å²) in [6, 6.07) is 4.75. The highest BCUT2D eigenvalue weighted by Gasteiger charge is 2.37. The van der Waals surface area contributed by atoms with E-state index in [4.69, 9.17) is 9.47 Å². The number of likely N-dealkylation sites (tertiary alicyclic amines) is 1. The fourth-order valence-corrected chi connectivity index (χ4v) is 3.99. The van der Waals surface area contributed by atoms with Crippen molar-refractivity contribution < 1.29 is 28.8 Å². The molecule has 150 valence electrons. The van der Waals surface area contributed by atoms with E-state index in [1.807, 2.05) is 6.92 Å². The number of hydrogen-bond donors (Lipinski definition) is 3. The van der Waals surface area contributed by atoms with Crippen LogP contribution in [0.25, 0.3) is 0 Å². The van der Waals surface area contributed by atoms with Gasteiger partial charge in [0.1, 0.15) is 0 Å². The van der Waals surface area contributed by atoms with Crippen molar-refractivity contribution in [1.82, 2.24) is 10.2 Å². The van der Waals surface area contributed by atoms with Crippen molar-refractivity contribution in [3.63, 3.8) is 0 Å². The maximum absolute atomic E-state index is 12.6. The van der Waals surface area contributed by atoms with Gasteiger partial charge in [0.2, 0.25) is 12.7 Å². The number of benzene rings is 1. The summed E-state index contributed by atoms with van der Waals surface area (Å²) in [5, 5.41) is 5.60. The topological polar surface area (TPSA) is 101 Å². The molecule has 2 saturated heterocycles. The Morgan fingerprint density at radius 1 is 1.25 bits per heavy atom. The maximum Gasteiger partial charge on any atom is 0.324 e. The summed E-state index contributed by atoms with van der Waals surface area (Å²) in [7, 11) is 0. The molecule has 9 heteroatoms. The first kappa shape index (κ1) is 18.5. The average Bonchev–Trinajstić information content (AvgIpc) is 3.35. The van der Waals surface area contributed by atoms with Crippen LogP contribution in [-0.4, -0.2) is 61.8 Å². The Labute approximate surface area is 162 Å². The number of quaternary nitrogens is 1. The predicted molar refractivity (Wildman–Crippen MR) is 99.2 cm³/mol. The van der Waals surface area contributed by atoms with Gasteiger partial charge in [-0.15, -0.1) is 0 Å². The van der Waals surface area contributed by atoms with Gasteiger partial charge < -0.3 is 25.0 Å². The Balaban J connectivity index is 1.29. The molecule has 0 saturated carbocycles. The van der Waals surface area contributed by atoms with E-state index in [0.29, 0.717) is 43.1 Å². The molecule has 0 radical (unpaired) electrons. The van der Waals surface area contributed by atoms with E-state index in [-0.39, 0.29) is 36.6 Å². The monoisotopic (exact) mass is 389 g/mol. The molecule has 0 aliphatic carbocycles. The first-order chi connectivity index (χ1) is 13.5. The number of fused-ring (bicyclic) bond motifs is 1. The van der Waals surface area contributed by atoms with Crippen molar-refractivity contribution in [1.29, 1.82) is 0 Å².